The number of benzene rings is 3. The van der Waals surface area contributed by atoms with Gasteiger partial charge < -0.3 is 19.5 Å². The third kappa shape index (κ3) is 5.54. The first-order chi connectivity index (χ1) is 15.2. The third-order valence-electron chi connectivity index (χ3n) is 5.57. The minimum atomic E-state index is -0.139. The zero-order chi connectivity index (χ0) is 21.5. The Morgan fingerprint density at radius 1 is 1.00 bits per heavy atom. The maximum absolute atomic E-state index is 12.5. The second-order valence-corrected chi connectivity index (χ2v) is 7.54. The molecule has 1 atom stereocenters. The summed E-state index contributed by atoms with van der Waals surface area (Å²) in [5.74, 6) is 1.37. The molecule has 0 aliphatic carbocycles. The molecule has 31 heavy (non-hydrogen) atoms. The summed E-state index contributed by atoms with van der Waals surface area (Å²) in [5, 5.41) is 5.27. The van der Waals surface area contributed by atoms with Crippen LogP contribution in [0.15, 0.2) is 66.7 Å². The van der Waals surface area contributed by atoms with Crippen LogP contribution in [0.1, 0.15) is 11.6 Å². The van der Waals surface area contributed by atoms with Crippen molar-refractivity contribution in [2.45, 2.75) is 6.04 Å². The Morgan fingerprint density at radius 3 is 2.45 bits per heavy atom. The Hall–Kier alpha value is -3.09. The number of amides is 1. The zero-order valence-corrected chi connectivity index (χ0v) is 17.8. The van der Waals surface area contributed by atoms with Crippen LogP contribution >= 0.6 is 0 Å². The molecule has 6 heteroatoms. The van der Waals surface area contributed by atoms with Gasteiger partial charge in [-0.15, -0.1) is 0 Å². The predicted octanol–water partition coefficient (Wildman–Crippen LogP) is 3.42. The number of rotatable bonds is 8. The van der Waals surface area contributed by atoms with Gasteiger partial charge in [0.15, 0.2) is 6.61 Å². The van der Waals surface area contributed by atoms with Gasteiger partial charge in [0, 0.05) is 19.6 Å². The van der Waals surface area contributed by atoms with Crippen molar-refractivity contribution in [1.29, 1.82) is 0 Å². The van der Waals surface area contributed by atoms with Gasteiger partial charge in [0.25, 0.3) is 5.91 Å². The lowest BCUT2D eigenvalue weighted by molar-refractivity contribution is -0.123. The molecule has 1 fully saturated rings. The second kappa shape index (κ2) is 10.3. The SMILES string of the molecule is COc1ccc(C(CNC(=O)COc2ccc3ccccc3c2)N2CCOCC2)cc1. The highest BCUT2D eigenvalue weighted by Gasteiger charge is 2.23. The Morgan fingerprint density at radius 2 is 1.71 bits per heavy atom. The monoisotopic (exact) mass is 420 g/mol. The first-order valence-electron chi connectivity index (χ1n) is 10.6. The van der Waals surface area contributed by atoms with Crippen LogP contribution in [0, 0.1) is 0 Å². The van der Waals surface area contributed by atoms with Gasteiger partial charge in [0.05, 0.1) is 26.4 Å². The molecule has 0 bridgehead atoms. The number of hydrogen-bond acceptors (Lipinski definition) is 5. The Kier molecular flexibility index (Phi) is 7.02. The maximum Gasteiger partial charge on any atom is 0.258 e. The predicted molar refractivity (Wildman–Crippen MR) is 121 cm³/mol. The highest BCUT2D eigenvalue weighted by molar-refractivity contribution is 5.84. The molecule has 0 aromatic heterocycles. The summed E-state index contributed by atoms with van der Waals surface area (Å²) in [4.78, 5) is 14.8. The van der Waals surface area contributed by atoms with E-state index >= 15 is 0 Å². The van der Waals surface area contributed by atoms with Gasteiger partial charge in [-0.05, 0) is 40.6 Å². The molecule has 1 N–H and O–H groups in total. The molecule has 1 amide bonds. The van der Waals surface area contributed by atoms with E-state index in [1.165, 1.54) is 0 Å². The van der Waals surface area contributed by atoms with Crippen LogP contribution < -0.4 is 14.8 Å². The lowest BCUT2D eigenvalue weighted by atomic mass is 10.0. The van der Waals surface area contributed by atoms with Crippen LogP contribution in [-0.2, 0) is 9.53 Å². The number of carbonyl (C=O) groups excluding carboxylic acids is 1. The van der Waals surface area contributed by atoms with E-state index < -0.39 is 0 Å². The molecule has 162 valence electrons. The van der Waals surface area contributed by atoms with Gasteiger partial charge in [0.2, 0.25) is 0 Å². The van der Waals surface area contributed by atoms with Crippen LogP contribution in [0.5, 0.6) is 11.5 Å². The standard InChI is InChI=1S/C25H28N2O4/c1-29-22-9-7-20(8-10-22)24(27-12-14-30-15-13-27)17-26-25(28)18-31-23-11-6-19-4-2-3-5-21(19)16-23/h2-11,16,24H,12-15,17-18H2,1H3,(H,26,28). The number of nitrogens with one attached hydrogen (secondary N) is 1. The molecule has 1 aliphatic rings. The van der Waals surface area contributed by atoms with Crippen molar-refractivity contribution in [3.63, 3.8) is 0 Å². The lowest BCUT2D eigenvalue weighted by Crippen LogP contribution is -2.44. The van der Waals surface area contributed by atoms with E-state index in [0.717, 1.165) is 35.2 Å². The van der Waals surface area contributed by atoms with E-state index in [1.807, 2.05) is 48.5 Å². The minimum absolute atomic E-state index is 0.0171. The highest BCUT2D eigenvalue weighted by Crippen LogP contribution is 2.24. The first kappa shape index (κ1) is 21.2. The Bertz CT molecular complexity index is 1000. The fraction of sp³-hybridized carbons (Fsp3) is 0.320. The Balaban J connectivity index is 1.36. The number of fused-ring (bicyclic) bond motifs is 1. The molecule has 1 aliphatic heterocycles. The number of carbonyl (C=O) groups is 1. The highest BCUT2D eigenvalue weighted by atomic mass is 16.5. The van der Waals surface area contributed by atoms with Crippen LogP contribution in [0.3, 0.4) is 0 Å². The zero-order valence-electron chi connectivity index (χ0n) is 17.8. The second-order valence-electron chi connectivity index (χ2n) is 7.54. The van der Waals surface area contributed by atoms with Crippen molar-refractivity contribution in [3.05, 3.63) is 72.3 Å². The van der Waals surface area contributed by atoms with Crippen LogP contribution in [0.2, 0.25) is 0 Å². The fourth-order valence-corrected chi connectivity index (χ4v) is 3.84. The van der Waals surface area contributed by atoms with Crippen molar-refractivity contribution in [3.8, 4) is 11.5 Å². The molecule has 3 aromatic carbocycles. The van der Waals surface area contributed by atoms with E-state index in [9.17, 15) is 4.79 Å². The van der Waals surface area contributed by atoms with E-state index in [4.69, 9.17) is 14.2 Å². The van der Waals surface area contributed by atoms with Crippen molar-refractivity contribution in [2.24, 2.45) is 0 Å². The fourth-order valence-electron chi connectivity index (χ4n) is 3.84. The largest absolute Gasteiger partial charge is 0.497 e. The van der Waals surface area contributed by atoms with Crippen molar-refractivity contribution in [2.75, 3.05) is 46.6 Å². The van der Waals surface area contributed by atoms with E-state index in [1.54, 1.807) is 7.11 Å². The summed E-state index contributed by atoms with van der Waals surface area (Å²) >= 11 is 0. The maximum atomic E-state index is 12.5. The smallest absolute Gasteiger partial charge is 0.258 e. The quantitative estimate of drug-likeness (QED) is 0.605. The number of nitrogens with zero attached hydrogens (tertiary/aromatic N) is 1. The molecule has 4 rings (SSSR count). The van der Waals surface area contributed by atoms with E-state index in [-0.39, 0.29) is 18.6 Å². The molecule has 1 heterocycles. The van der Waals surface area contributed by atoms with Crippen LogP contribution in [0.4, 0.5) is 0 Å². The normalized spacial score (nSPS) is 15.4. The summed E-state index contributed by atoms with van der Waals surface area (Å²) in [7, 11) is 1.66. The number of morpholine rings is 1. The summed E-state index contributed by atoms with van der Waals surface area (Å²) < 4.78 is 16.5. The molecular weight excluding hydrogens is 392 g/mol. The summed E-state index contributed by atoms with van der Waals surface area (Å²) in [6.07, 6.45) is 0. The lowest BCUT2D eigenvalue weighted by Gasteiger charge is -2.35. The van der Waals surface area contributed by atoms with Gasteiger partial charge >= 0.3 is 0 Å². The van der Waals surface area contributed by atoms with Gasteiger partial charge in [0.1, 0.15) is 11.5 Å². The summed E-state index contributed by atoms with van der Waals surface area (Å²) in [6.45, 7) is 3.56. The average molecular weight is 421 g/mol. The topological polar surface area (TPSA) is 60.0 Å². The van der Waals surface area contributed by atoms with E-state index in [2.05, 4.69) is 28.4 Å². The van der Waals surface area contributed by atoms with Gasteiger partial charge in [-0.1, -0.05) is 42.5 Å². The van der Waals surface area contributed by atoms with Gasteiger partial charge in [-0.3, -0.25) is 9.69 Å². The average Bonchev–Trinajstić information content (AvgIpc) is 2.84. The van der Waals surface area contributed by atoms with Crippen molar-refractivity contribution >= 4 is 16.7 Å². The molecule has 0 spiro atoms. The van der Waals surface area contributed by atoms with Crippen molar-refractivity contribution < 1.29 is 19.0 Å². The first-order valence-corrected chi connectivity index (χ1v) is 10.6. The van der Waals surface area contributed by atoms with Crippen LogP contribution in [-0.4, -0.2) is 57.4 Å². The molecular formula is C25H28N2O4. The van der Waals surface area contributed by atoms with Crippen molar-refractivity contribution in [1.82, 2.24) is 10.2 Å². The summed E-state index contributed by atoms with van der Waals surface area (Å²) in [6, 6.07) is 22.0. The number of ether oxygens (including phenoxy) is 3. The third-order valence-corrected chi connectivity index (χ3v) is 5.57. The molecule has 0 radical (unpaired) electrons. The molecule has 6 nitrogen and oxygen atoms in total. The minimum Gasteiger partial charge on any atom is -0.497 e. The molecule has 0 saturated carbocycles. The Labute approximate surface area is 182 Å². The van der Waals surface area contributed by atoms with Gasteiger partial charge in [-0.25, -0.2) is 0 Å². The molecule has 3 aromatic rings. The molecule has 1 saturated heterocycles. The number of hydrogen-bond donors (Lipinski definition) is 1. The van der Waals surface area contributed by atoms with E-state index in [0.29, 0.717) is 25.5 Å². The van der Waals surface area contributed by atoms with Crippen LogP contribution in [0.25, 0.3) is 10.8 Å². The van der Waals surface area contributed by atoms with Gasteiger partial charge in [-0.2, -0.15) is 0 Å². The summed E-state index contributed by atoms with van der Waals surface area (Å²) in [5.41, 5.74) is 1.14. The molecule has 1 unspecified atom stereocenters. The number of methoxy groups -OCH3 is 1.